The lowest BCUT2D eigenvalue weighted by Gasteiger charge is -2.30. The summed E-state index contributed by atoms with van der Waals surface area (Å²) in [4.78, 5) is 19.5. The number of piperidine rings is 1. The van der Waals surface area contributed by atoms with E-state index in [1.165, 1.54) is 0 Å². The molecule has 2 aromatic heterocycles. The minimum absolute atomic E-state index is 0. The topological polar surface area (TPSA) is 81.8 Å². The van der Waals surface area contributed by atoms with Gasteiger partial charge in [-0.05, 0) is 32.4 Å². The van der Waals surface area contributed by atoms with Crippen molar-refractivity contribution in [1.29, 1.82) is 0 Å². The first kappa shape index (κ1) is 16.6. The molecular weight excluding hydrogens is 302 g/mol. The van der Waals surface area contributed by atoms with Crippen LogP contribution >= 0.6 is 12.4 Å². The lowest BCUT2D eigenvalue weighted by molar-refractivity contribution is 0.0963. The number of hydrogen-bond donors (Lipinski definition) is 4. The molecular formula is C15H22ClN5O. The number of hydrogen-bond acceptors (Lipinski definition) is 4. The largest absolute Gasteiger partial charge is 0.381 e. The van der Waals surface area contributed by atoms with Crippen LogP contribution in [0.2, 0.25) is 0 Å². The summed E-state index contributed by atoms with van der Waals surface area (Å²) < 4.78 is 0. The summed E-state index contributed by atoms with van der Waals surface area (Å²) in [7, 11) is 1.64. The highest BCUT2D eigenvalue weighted by atomic mass is 35.5. The van der Waals surface area contributed by atoms with E-state index < -0.39 is 0 Å². The van der Waals surface area contributed by atoms with Crippen LogP contribution in [0.5, 0.6) is 0 Å². The van der Waals surface area contributed by atoms with Gasteiger partial charge in [0, 0.05) is 36.9 Å². The fraction of sp³-hybridized carbons (Fsp3) is 0.467. The number of aromatic amines is 1. The van der Waals surface area contributed by atoms with Crippen molar-refractivity contribution in [2.45, 2.75) is 31.8 Å². The van der Waals surface area contributed by atoms with Crippen LogP contribution in [-0.4, -0.2) is 41.6 Å². The molecule has 0 radical (unpaired) electrons. The maximum absolute atomic E-state index is 12.1. The molecule has 0 aromatic carbocycles. The number of fused-ring (bicyclic) bond motifs is 1. The fourth-order valence-corrected chi connectivity index (χ4v) is 2.94. The summed E-state index contributed by atoms with van der Waals surface area (Å²) >= 11 is 0. The Labute approximate surface area is 135 Å². The van der Waals surface area contributed by atoms with E-state index in [2.05, 4.69) is 32.8 Å². The van der Waals surface area contributed by atoms with Gasteiger partial charge in [-0.2, -0.15) is 0 Å². The molecule has 1 amide bonds. The van der Waals surface area contributed by atoms with Crippen LogP contribution in [0.3, 0.4) is 0 Å². The van der Waals surface area contributed by atoms with E-state index in [4.69, 9.17) is 0 Å². The van der Waals surface area contributed by atoms with Crippen LogP contribution in [0.4, 0.5) is 5.69 Å². The van der Waals surface area contributed by atoms with Gasteiger partial charge in [0.2, 0.25) is 0 Å². The molecule has 0 saturated carbocycles. The van der Waals surface area contributed by atoms with E-state index in [1.807, 2.05) is 12.3 Å². The maximum atomic E-state index is 12.1. The number of nitrogens with zero attached hydrogens (tertiary/aromatic N) is 1. The second-order valence-corrected chi connectivity index (χ2v) is 5.59. The molecule has 6 nitrogen and oxygen atoms in total. The van der Waals surface area contributed by atoms with Gasteiger partial charge in [0.05, 0.1) is 11.3 Å². The van der Waals surface area contributed by atoms with Crippen molar-refractivity contribution in [3.63, 3.8) is 0 Å². The molecule has 0 bridgehead atoms. The summed E-state index contributed by atoms with van der Waals surface area (Å²) in [6.45, 7) is 3.18. The first-order valence-electron chi connectivity index (χ1n) is 7.37. The highest BCUT2D eigenvalue weighted by Gasteiger charge is 2.22. The van der Waals surface area contributed by atoms with E-state index in [-0.39, 0.29) is 18.3 Å². The zero-order valence-corrected chi connectivity index (χ0v) is 13.6. The molecule has 0 unspecified atom stereocenters. The third kappa shape index (κ3) is 3.18. The smallest absolute Gasteiger partial charge is 0.254 e. The number of H-pyrrole nitrogens is 1. The molecule has 120 valence electrons. The minimum Gasteiger partial charge on any atom is -0.381 e. The van der Waals surface area contributed by atoms with Gasteiger partial charge in [-0.15, -0.1) is 12.4 Å². The Morgan fingerprint density at radius 2 is 2.27 bits per heavy atom. The van der Waals surface area contributed by atoms with Crippen LogP contribution in [0.15, 0.2) is 18.5 Å². The number of pyridine rings is 1. The van der Waals surface area contributed by atoms with E-state index in [9.17, 15) is 4.79 Å². The average molecular weight is 324 g/mol. The second kappa shape index (κ2) is 6.98. The molecule has 1 fully saturated rings. The summed E-state index contributed by atoms with van der Waals surface area (Å²) in [6.07, 6.45) is 5.57. The Kier molecular flexibility index (Phi) is 5.26. The standard InChI is InChI=1S/C15H21N5O.ClH/c1-9-7-10(3-5-17-9)20-13-11-4-6-18-14(11)19-8-12(13)15(21)16-2;/h4,6,8-10,17H,3,5,7H2,1-2H3,(H,16,21)(H2,18,19,20);1H/t9-,10-;/m0./s1. The number of halogens is 1. The van der Waals surface area contributed by atoms with Crippen molar-refractivity contribution in [3.05, 3.63) is 24.0 Å². The zero-order valence-electron chi connectivity index (χ0n) is 12.8. The van der Waals surface area contributed by atoms with Crippen molar-refractivity contribution in [3.8, 4) is 0 Å². The first-order valence-corrected chi connectivity index (χ1v) is 7.37. The average Bonchev–Trinajstić information content (AvgIpc) is 2.96. The predicted molar refractivity (Wildman–Crippen MR) is 90.8 cm³/mol. The van der Waals surface area contributed by atoms with Gasteiger partial charge in [-0.1, -0.05) is 0 Å². The molecule has 2 aromatic rings. The summed E-state index contributed by atoms with van der Waals surface area (Å²) in [6, 6.07) is 2.81. The van der Waals surface area contributed by atoms with Gasteiger partial charge in [-0.25, -0.2) is 4.98 Å². The molecule has 0 spiro atoms. The molecule has 22 heavy (non-hydrogen) atoms. The van der Waals surface area contributed by atoms with Gasteiger partial charge < -0.3 is 20.9 Å². The number of aromatic nitrogens is 2. The fourth-order valence-electron chi connectivity index (χ4n) is 2.94. The van der Waals surface area contributed by atoms with E-state index >= 15 is 0 Å². The van der Waals surface area contributed by atoms with Gasteiger partial charge in [0.25, 0.3) is 5.91 Å². The molecule has 0 aliphatic carbocycles. The monoisotopic (exact) mass is 323 g/mol. The molecule has 3 rings (SSSR count). The van der Waals surface area contributed by atoms with Gasteiger partial charge in [0.1, 0.15) is 5.65 Å². The minimum atomic E-state index is -0.116. The number of anilines is 1. The highest BCUT2D eigenvalue weighted by molar-refractivity contribution is 6.06. The molecule has 1 aliphatic rings. The quantitative estimate of drug-likeness (QED) is 0.695. The van der Waals surface area contributed by atoms with Crippen molar-refractivity contribution in [2.75, 3.05) is 18.9 Å². The zero-order chi connectivity index (χ0) is 14.8. The third-order valence-corrected chi connectivity index (χ3v) is 4.03. The van der Waals surface area contributed by atoms with E-state index in [0.29, 0.717) is 17.6 Å². The first-order chi connectivity index (χ1) is 10.2. The Morgan fingerprint density at radius 3 is 3.00 bits per heavy atom. The summed E-state index contributed by atoms with van der Waals surface area (Å²) in [5.41, 5.74) is 2.27. The molecule has 4 N–H and O–H groups in total. The van der Waals surface area contributed by atoms with Crippen molar-refractivity contribution >= 4 is 35.0 Å². The Hall–Kier alpha value is -1.79. The Morgan fingerprint density at radius 1 is 1.45 bits per heavy atom. The maximum Gasteiger partial charge on any atom is 0.254 e. The molecule has 7 heteroatoms. The SMILES string of the molecule is CNC(=O)c1cnc2[nH]ccc2c1N[C@H]1CCN[C@@H](C)C1.Cl. The van der Waals surface area contributed by atoms with Gasteiger partial charge in [-0.3, -0.25) is 4.79 Å². The molecule has 1 saturated heterocycles. The van der Waals surface area contributed by atoms with Crippen LogP contribution in [0, 0.1) is 0 Å². The molecule has 3 heterocycles. The van der Waals surface area contributed by atoms with Crippen LogP contribution in [0.25, 0.3) is 11.0 Å². The summed E-state index contributed by atoms with van der Waals surface area (Å²) in [5, 5.41) is 10.6. The van der Waals surface area contributed by atoms with Gasteiger partial charge >= 0.3 is 0 Å². The number of amides is 1. The second-order valence-electron chi connectivity index (χ2n) is 5.59. The predicted octanol–water partition coefficient (Wildman–Crippen LogP) is 1.90. The lowest BCUT2D eigenvalue weighted by Crippen LogP contribution is -2.41. The number of carbonyl (C=O) groups excluding carboxylic acids is 1. The van der Waals surface area contributed by atoms with Crippen molar-refractivity contribution < 1.29 is 4.79 Å². The molecule has 1 aliphatic heterocycles. The normalized spacial score (nSPS) is 21.2. The van der Waals surface area contributed by atoms with Crippen LogP contribution in [-0.2, 0) is 0 Å². The number of nitrogens with one attached hydrogen (secondary N) is 4. The van der Waals surface area contributed by atoms with Crippen molar-refractivity contribution in [2.24, 2.45) is 0 Å². The molecule has 2 atom stereocenters. The summed E-state index contributed by atoms with van der Waals surface area (Å²) in [5.74, 6) is -0.116. The number of carbonyl (C=O) groups is 1. The van der Waals surface area contributed by atoms with Crippen LogP contribution < -0.4 is 16.0 Å². The van der Waals surface area contributed by atoms with Gasteiger partial charge in [0.15, 0.2) is 0 Å². The van der Waals surface area contributed by atoms with Crippen molar-refractivity contribution in [1.82, 2.24) is 20.6 Å². The van der Waals surface area contributed by atoms with E-state index in [0.717, 1.165) is 36.1 Å². The van der Waals surface area contributed by atoms with Crippen LogP contribution in [0.1, 0.15) is 30.1 Å². The number of rotatable bonds is 3. The third-order valence-electron chi connectivity index (χ3n) is 4.03. The lowest BCUT2D eigenvalue weighted by atomic mass is 9.99. The Bertz CT molecular complexity index is 656. The Balaban J connectivity index is 0.00000176. The highest BCUT2D eigenvalue weighted by Crippen LogP contribution is 2.27. The van der Waals surface area contributed by atoms with E-state index in [1.54, 1.807) is 13.2 Å².